The Kier molecular flexibility index (Phi) is 15.3. The highest BCUT2D eigenvalue weighted by Crippen LogP contribution is 2.57. The smallest absolute Gasteiger partial charge is 0.235 e. The zero-order valence-corrected chi connectivity index (χ0v) is 74.0. The number of hydrogen-bond donors (Lipinski definition) is 0. The van der Waals surface area contributed by atoms with Gasteiger partial charge in [-0.05, 0) is 220 Å². The van der Waals surface area contributed by atoms with Crippen LogP contribution in [0, 0.1) is 0 Å². The van der Waals surface area contributed by atoms with Crippen molar-refractivity contribution >= 4 is 266 Å². The summed E-state index contributed by atoms with van der Waals surface area (Å²) in [5, 5.41) is 36.8. The number of benzene rings is 21. The predicted molar refractivity (Wildman–Crippen MR) is 574 cm³/mol. The Hall–Kier alpha value is -18.2. The number of para-hydroxylation sites is 4. The molecular weight excluding hydrogens is 1690 g/mol. The molecule has 0 N–H and O–H groups in total. The third-order valence-corrected chi connectivity index (χ3v) is 30.4. The fourth-order valence-corrected chi connectivity index (χ4v) is 25.0. The summed E-state index contributed by atoms with van der Waals surface area (Å²) in [6, 6.07) is 152. The third-order valence-electron chi connectivity index (χ3n) is 29.3. The molecule has 0 radical (unpaired) electrons. The Balaban J connectivity index is 0.0000000954. The molecule has 0 atom stereocenters. The van der Waals surface area contributed by atoms with E-state index < -0.39 is 0 Å². The topological polar surface area (TPSA) is 95.9 Å². The van der Waals surface area contributed by atoms with Crippen LogP contribution in [0.25, 0.3) is 289 Å². The molecular formula is C126H70N8O2S. The first-order valence-corrected chi connectivity index (χ1v) is 47.5. The van der Waals surface area contributed by atoms with Gasteiger partial charge in [0, 0.05) is 129 Å². The lowest BCUT2D eigenvalue weighted by Crippen LogP contribution is -2.09. The van der Waals surface area contributed by atoms with E-state index in [4.69, 9.17) is 28.8 Å². The number of anilines is 3. The van der Waals surface area contributed by atoms with Crippen molar-refractivity contribution in [1.29, 1.82) is 0 Å². The van der Waals surface area contributed by atoms with Crippen molar-refractivity contribution in [3.05, 3.63) is 425 Å². The highest BCUT2D eigenvalue weighted by Gasteiger charge is 2.32. The minimum Gasteiger partial charge on any atom is -0.456 e. The molecule has 32 aromatic rings. The summed E-state index contributed by atoms with van der Waals surface area (Å²) in [6.45, 7) is 0. The number of furan rings is 2. The Morgan fingerprint density at radius 3 is 1.19 bits per heavy atom. The normalized spacial score (nSPS) is 12.4. The summed E-state index contributed by atoms with van der Waals surface area (Å²) in [5.74, 6) is 1.31. The van der Waals surface area contributed by atoms with Crippen LogP contribution in [0.5, 0.6) is 0 Å². The van der Waals surface area contributed by atoms with Crippen LogP contribution in [0.2, 0.25) is 0 Å². The fourth-order valence-electron chi connectivity index (χ4n) is 23.8. The van der Waals surface area contributed by atoms with Crippen molar-refractivity contribution in [2.24, 2.45) is 0 Å². The summed E-state index contributed by atoms with van der Waals surface area (Å²) < 4.78 is 23.2. The molecule has 33 rings (SSSR count). The van der Waals surface area contributed by atoms with E-state index in [9.17, 15) is 0 Å². The average molecular weight is 1760 g/mol. The van der Waals surface area contributed by atoms with E-state index in [2.05, 4.69) is 425 Å². The maximum Gasteiger partial charge on any atom is 0.235 e. The highest BCUT2D eigenvalue weighted by atomic mass is 32.1. The number of fused-ring (bicyclic) bond motifs is 12. The molecule has 0 fully saturated rings. The largest absolute Gasteiger partial charge is 0.456 e. The van der Waals surface area contributed by atoms with Crippen molar-refractivity contribution in [2.45, 2.75) is 0 Å². The molecule has 632 valence electrons. The molecule has 24 aromatic carbocycles. The second-order valence-corrected chi connectivity index (χ2v) is 37.4. The molecule has 137 heavy (non-hydrogen) atoms. The zero-order chi connectivity index (χ0) is 89.1. The van der Waals surface area contributed by atoms with Gasteiger partial charge in [0.1, 0.15) is 22.3 Å². The summed E-state index contributed by atoms with van der Waals surface area (Å²) in [5.41, 5.74) is 23.4. The predicted octanol–water partition coefficient (Wildman–Crippen LogP) is 34.7. The van der Waals surface area contributed by atoms with E-state index in [1.165, 1.54) is 166 Å². The lowest BCUT2D eigenvalue weighted by atomic mass is 9.93. The van der Waals surface area contributed by atoms with Crippen LogP contribution < -0.4 is 4.90 Å². The Labute approximate surface area is 783 Å². The number of thiophene rings is 1. The Bertz CT molecular complexity index is 10600. The molecule has 0 amide bonds. The number of nitrogens with zero attached hydrogens (tertiary/aromatic N) is 8. The summed E-state index contributed by atoms with van der Waals surface area (Å²) in [7, 11) is 0. The molecule has 0 saturated heterocycles. The molecule has 8 aromatic heterocycles. The van der Waals surface area contributed by atoms with Gasteiger partial charge in [-0.3, -0.25) is 9.13 Å². The second-order valence-electron chi connectivity index (χ2n) is 36.3. The van der Waals surface area contributed by atoms with Gasteiger partial charge >= 0.3 is 0 Å². The van der Waals surface area contributed by atoms with Gasteiger partial charge in [-0.2, -0.15) is 0 Å². The van der Waals surface area contributed by atoms with E-state index in [0.29, 0.717) is 11.9 Å². The summed E-state index contributed by atoms with van der Waals surface area (Å²) in [6.07, 6.45) is 0. The maximum atomic E-state index is 6.81. The SMILES string of the molecule is c1ccc(-c2nc(-n3c4cccc5c6cccc7c6c6c8c-7cccc8cc7oc8ccc3c(c8c76)c54)nc3ccccc23)cc1.c1ccc(-c2nc(-n3c4cccc5c6ccccc6c6cc7ccccc7c7oc8ccc3c(c8c67)c54)nc3ccccc23)cc1.c1ccc(N(c2ccccc2)c2ccc(-n3c4cccc5c6ccccc6c6cccc7sc8ccc3c(c8c76)c54)cc2)cc1. The van der Waals surface area contributed by atoms with Crippen LogP contribution in [0.15, 0.2) is 433 Å². The van der Waals surface area contributed by atoms with Gasteiger partial charge in [-0.15, -0.1) is 11.3 Å². The van der Waals surface area contributed by atoms with E-state index >= 15 is 0 Å². The highest BCUT2D eigenvalue weighted by molar-refractivity contribution is 7.26. The monoisotopic (exact) mass is 1760 g/mol. The van der Waals surface area contributed by atoms with Gasteiger partial charge in [-0.25, -0.2) is 19.9 Å². The first-order chi connectivity index (χ1) is 68.0. The average Bonchev–Trinajstić information content (AvgIpc) is 1.50. The van der Waals surface area contributed by atoms with Crippen LogP contribution in [0.4, 0.5) is 17.1 Å². The van der Waals surface area contributed by atoms with E-state index in [-0.39, 0.29) is 0 Å². The summed E-state index contributed by atoms with van der Waals surface area (Å²) >= 11 is 1.90. The lowest BCUT2D eigenvalue weighted by molar-refractivity contribution is 0.670. The number of aromatic nitrogens is 7. The summed E-state index contributed by atoms with van der Waals surface area (Å²) in [4.78, 5) is 23.4. The van der Waals surface area contributed by atoms with Gasteiger partial charge in [-0.1, -0.05) is 291 Å². The van der Waals surface area contributed by atoms with Crippen LogP contribution in [0.3, 0.4) is 0 Å². The van der Waals surface area contributed by atoms with Gasteiger partial charge < -0.3 is 18.3 Å². The van der Waals surface area contributed by atoms with Gasteiger partial charge in [0.2, 0.25) is 11.9 Å². The molecule has 0 bridgehead atoms. The van der Waals surface area contributed by atoms with E-state index in [1.54, 1.807) is 0 Å². The van der Waals surface area contributed by atoms with E-state index in [1.807, 2.05) is 29.5 Å². The van der Waals surface area contributed by atoms with Gasteiger partial charge in [0.25, 0.3) is 0 Å². The quantitative estimate of drug-likeness (QED) is 0.150. The second kappa shape index (κ2) is 28.2. The molecule has 8 heterocycles. The molecule has 0 spiro atoms. The van der Waals surface area contributed by atoms with Crippen LogP contribution >= 0.6 is 11.3 Å². The van der Waals surface area contributed by atoms with Gasteiger partial charge in [0.05, 0.1) is 55.5 Å². The van der Waals surface area contributed by atoms with E-state index in [0.717, 1.165) is 128 Å². The van der Waals surface area contributed by atoms with Crippen molar-refractivity contribution < 1.29 is 8.83 Å². The fraction of sp³-hybridized carbons (Fsp3) is 0. The van der Waals surface area contributed by atoms with Crippen molar-refractivity contribution in [3.63, 3.8) is 0 Å². The first-order valence-electron chi connectivity index (χ1n) is 46.6. The molecule has 0 unspecified atom stereocenters. The lowest BCUT2D eigenvalue weighted by Gasteiger charge is -2.25. The molecule has 0 aliphatic heterocycles. The first kappa shape index (κ1) is 74.5. The minimum atomic E-state index is 0.653. The Morgan fingerprint density at radius 1 is 0.212 bits per heavy atom. The van der Waals surface area contributed by atoms with Crippen molar-refractivity contribution in [3.8, 4) is 51.2 Å². The van der Waals surface area contributed by atoms with Gasteiger partial charge in [0.15, 0.2) is 0 Å². The molecule has 10 nitrogen and oxygen atoms in total. The standard InChI is InChI=1S/C42H21N3O.C42H23N3O.C42H26N2S/c1-2-9-22(10-3-1)41-28-12-4-5-17-29(28)43-42(44-41)45-30-18-8-16-27-26-15-7-14-25-24-13-6-11-23-21-33-39(40(34(23)24)35(25)26)38-32(46-33)20-19-31(45)37(38)36(27)30;1-2-11-24(12-3-1)40-30-17-8-9-19-32(30)43-42(44-40)45-33-20-10-18-29-27-15-6-7-16-28(27)31-23-25-13-4-5-14-26(25)41-37(31)39-35(46-41)22-21-34(45)38(39)36(29)33;1-3-11-27(12-4-1)43(28-13-5-2-6-14-28)29-21-23-30(24-22-29)44-35-19-9-17-33-31-15-7-8-16-32(31)34-18-10-20-37-40(34)42-38(45-37)26-25-36(44)41(42)39(33)35/h1-21H;1-23H;1-26H. The Morgan fingerprint density at radius 2 is 0.606 bits per heavy atom. The number of rotatable bonds is 8. The zero-order valence-electron chi connectivity index (χ0n) is 73.2. The third kappa shape index (κ3) is 10.4. The van der Waals surface area contributed by atoms with Crippen LogP contribution in [-0.4, -0.2) is 33.6 Å². The maximum absolute atomic E-state index is 6.81. The van der Waals surface area contributed by atoms with Crippen molar-refractivity contribution in [1.82, 2.24) is 33.6 Å². The minimum absolute atomic E-state index is 0.653. The van der Waals surface area contributed by atoms with Crippen molar-refractivity contribution in [2.75, 3.05) is 4.90 Å². The van der Waals surface area contributed by atoms with Crippen LogP contribution in [-0.2, 0) is 0 Å². The van der Waals surface area contributed by atoms with Crippen LogP contribution in [0.1, 0.15) is 0 Å². The molecule has 1 aliphatic rings. The molecule has 0 saturated carbocycles. The molecule has 1 aliphatic carbocycles. The number of hydrogen-bond acceptors (Lipinski definition) is 8. The molecule has 11 heteroatoms.